The lowest BCUT2D eigenvalue weighted by molar-refractivity contribution is -0.138. The molecule has 4 rings (SSSR count). The van der Waals surface area contributed by atoms with Crippen LogP contribution in [0.1, 0.15) is 59.3 Å². The molecule has 0 radical (unpaired) electrons. The summed E-state index contributed by atoms with van der Waals surface area (Å²) in [7, 11) is 0. The number of rotatable bonds is 7. The number of carbonyl (C=O) groups excluding carboxylic acids is 1. The Morgan fingerprint density at radius 3 is 2.00 bits per heavy atom. The maximum Gasteiger partial charge on any atom is 0.310 e. The molecule has 0 spiro atoms. The molecular weight excluding hydrogens is 442 g/mol. The summed E-state index contributed by atoms with van der Waals surface area (Å²) < 4.78 is 0. The molecule has 2 N–H and O–H groups in total. The van der Waals surface area contributed by atoms with Gasteiger partial charge in [0, 0.05) is 11.3 Å². The molecule has 0 fully saturated rings. The number of carboxylic acids is 2. The fraction of sp³-hybridized carbons (Fsp3) is 0.276. The van der Waals surface area contributed by atoms with Gasteiger partial charge in [0.2, 0.25) is 0 Å². The summed E-state index contributed by atoms with van der Waals surface area (Å²) in [5, 5.41) is 17.6. The Morgan fingerprint density at radius 2 is 1.46 bits per heavy atom. The van der Waals surface area contributed by atoms with Crippen LogP contribution in [0.4, 0.5) is 5.69 Å². The highest BCUT2D eigenvalue weighted by Gasteiger charge is 2.28. The Kier molecular flexibility index (Phi) is 8.42. The van der Waals surface area contributed by atoms with Gasteiger partial charge in [-0.05, 0) is 59.7 Å². The van der Waals surface area contributed by atoms with Crippen molar-refractivity contribution in [1.82, 2.24) is 0 Å². The zero-order chi connectivity index (χ0) is 25.5. The van der Waals surface area contributed by atoms with E-state index in [1.165, 1.54) is 5.56 Å². The summed E-state index contributed by atoms with van der Waals surface area (Å²) in [6, 6.07) is 22.5. The number of fused-ring (bicyclic) bond motifs is 1. The van der Waals surface area contributed by atoms with Gasteiger partial charge >= 0.3 is 11.9 Å². The lowest BCUT2D eigenvalue weighted by Crippen LogP contribution is -2.23. The Bertz CT molecular complexity index is 1180. The molecule has 1 unspecified atom stereocenters. The largest absolute Gasteiger partial charge is 0.481 e. The summed E-state index contributed by atoms with van der Waals surface area (Å²) in [6.07, 6.45) is 1.16. The molecule has 0 aliphatic carbocycles. The van der Waals surface area contributed by atoms with Crippen LogP contribution in [0.25, 0.3) is 0 Å². The Morgan fingerprint density at radius 1 is 0.857 bits per heavy atom. The van der Waals surface area contributed by atoms with Crippen LogP contribution in [0, 0.1) is 5.92 Å². The van der Waals surface area contributed by atoms with Gasteiger partial charge in [0.05, 0.1) is 18.9 Å². The van der Waals surface area contributed by atoms with Gasteiger partial charge in [0.25, 0.3) is 5.91 Å². The van der Waals surface area contributed by atoms with Gasteiger partial charge in [-0.3, -0.25) is 14.4 Å². The highest BCUT2D eigenvalue weighted by molar-refractivity contribution is 6.10. The number of hydrogen-bond donors (Lipinski definition) is 2. The molecule has 1 heterocycles. The third-order valence-corrected chi connectivity index (χ3v) is 5.92. The molecular formula is C29H31NO5. The maximum atomic E-state index is 12.4. The number of nitrogens with zero attached hydrogens (tertiary/aromatic N) is 1. The van der Waals surface area contributed by atoms with Crippen molar-refractivity contribution < 1.29 is 24.6 Å². The van der Waals surface area contributed by atoms with E-state index in [0.29, 0.717) is 12.5 Å². The van der Waals surface area contributed by atoms with Crippen LogP contribution < -0.4 is 4.90 Å². The van der Waals surface area contributed by atoms with E-state index in [0.717, 1.165) is 34.4 Å². The van der Waals surface area contributed by atoms with Crippen molar-refractivity contribution in [1.29, 1.82) is 0 Å². The van der Waals surface area contributed by atoms with Crippen molar-refractivity contribution in [3.8, 4) is 0 Å². The molecule has 1 aliphatic rings. The Hall–Kier alpha value is -3.93. The van der Waals surface area contributed by atoms with Gasteiger partial charge in [-0.2, -0.15) is 0 Å². The van der Waals surface area contributed by atoms with Crippen LogP contribution in [0.15, 0.2) is 72.8 Å². The summed E-state index contributed by atoms with van der Waals surface area (Å²) >= 11 is 0. The molecule has 1 aliphatic heterocycles. The average molecular weight is 474 g/mol. The van der Waals surface area contributed by atoms with Gasteiger partial charge in [-0.1, -0.05) is 68.4 Å². The van der Waals surface area contributed by atoms with Gasteiger partial charge in [-0.15, -0.1) is 0 Å². The lowest BCUT2D eigenvalue weighted by atomic mass is 10.0. The second-order valence-corrected chi connectivity index (χ2v) is 9.18. The van der Waals surface area contributed by atoms with Crippen molar-refractivity contribution >= 4 is 23.5 Å². The number of carboxylic acid groups (broad SMARTS) is 2. The van der Waals surface area contributed by atoms with E-state index in [4.69, 9.17) is 10.2 Å². The topological polar surface area (TPSA) is 94.9 Å². The van der Waals surface area contributed by atoms with E-state index in [2.05, 4.69) is 13.8 Å². The molecule has 0 bridgehead atoms. The lowest BCUT2D eigenvalue weighted by Gasteiger charge is -2.16. The second kappa shape index (κ2) is 11.5. The second-order valence-electron chi connectivity index (χ2n) is 9.18. The molecule has 0 saturated carbocycles. The van der Waals surface area contributed by atoms with Crippen molar-refractivity contribution in [3.63, 3.8) is 0 Å². The molecule has 3 aromatic rings. The van der Waals surface area contributed by atoms with Gasteiger partial charge in [0.1, 0.15) is 0 Å². The number of carbonyl (C=O) groups is 3. The van der Waals surface area contributed by atoms with E-state index in [-0.39, 0.29) is 12.3 Å². The first-order valence-corrected chi connectivity index (χ1v) is 11.7. The molecule has 6 nitrogen and oxygen atoms in total. The number of aliphatic carboxylic acids is 2. The van der Waals surface area contributed by atoms with Gasteiger partial charge in [0.15, 0.2) is 0 Å². The highest BCUT2D eigenvalue weighted by atomic mass is 16.4. The molecule has 35 heavy (non-hydrogen) atoms. The van der Waals surface area contributed by atoms with Crippen LogP contribution in [0.2, 0.25) is 0 Å². The third-order valence-electron chi connectivity index (χ3n) is 5.92. The molecule has 0 saturated heterocycles. The minimum absolute atomic E-state index is 0.00960. The van der Waals surface area contributed by atoms with Crippen molar-refractivity contribution in [2.75, 3.05) is 4.90 Å². The smallest absolute Gasteiger partial charge is 0.310 e. The number of anilines is 1. The van der Waals surface area contributed by atoms with E-state index < -0.39 is 17.9 Å². The van der Waals surface area contributed by atoms with Crippen molar-refractivity contribution in [2.45, 2.75) is 46.1 Å². The van der Waals surface area contributed by atoms with Crippen LogP contribution in [0.3, 0.4) is 0 Å². The highest BCUT2D eigenvalue weighted by Crippen LogP contribution is 2.29. The van der Waals surface area contributed by atoms with Gasteiger partial charge < -0.3 is 15.1 Å². The van der Waals surface area contributed by atoms with E-state index in [9.17, 15) is 14.4 Å². The minimum Gasteiger partial charge on any atom is -0.481 e. The number of amides is 1. The average Bonchev–Trinajstić information content (AvgIpc) is 3.16. The van der Waals surface area contributed by atoms with Crippen LogP contribution in [-0.4, -0.2) is 28.1 Å². The molecule has 3 aromatic carbocycles. The third kappa shape index (κ3) is 6.79. The molecule has 1 atom stereocenters. The van der Waals surface area contributed by atoms with E-state index in [1.807, 2.05) is 48.5 Å². The van der Waals surface area contributed by atoms with Crippen molar-refractivity contribution in [2.24, 2.45) is 5.92 Å². The van der Waals surface area contributed by atoms with Gasteiger partial charge in [-0.25, -0.2) is 0 Å². The first kappa shape index (κ1) is 25.7. The fourth-order valence-corrected chi connectivity index (χ4v) is 3.99. The van der Waals surface area contributed by atoms with E-state index >= 15 is 0 Å². The van der Waals surface area contributed by atoms with Crippen molar-refractivity contribution in [3.05, 3.63) is 101 Å². The standard InChI is InChI=1S/C17H15NO3.C12H16O2/c1-11(17(20)21)12-6-8-14(9-7-12)18-10-13-4-2-3-5-15(13)16(18)19;1-9(2)7-10-3-5-11(6-4-10)8-12(13)14/h2-9,11H,10H2,1H3,(H,20,21);3-6,9H,7-8H2,1-2H3,(H,13,14). The first-order chi connectivity index (χ1) is 16.7. The quantitative estimate of drug-likeness (QED) is 0.469. The zero-order valence-electron chi connectivity index (χ0n) is 20.3. The first-order valence-electron chi connectivity index (χ1n) is 11.7. The molecule has 6 heteroatoms. The normalized spacial score (nSPS) is 13.1. The fourth-order valence-electron chi connectivity index (χ4n) is 3.99. The predicted molar refractivity (Wildman–Crippen MR) is 136 cm³/mol. The maximum absolute atomic E-state index is 12.4. The van der Waals surface area contributed by atoms with Crippen LogP contribution in [-0.2, 0) is 29.0 Å². The summed E-state index contributed by atoms with van der Waals surface area (Å²) in [4.78, 5) is 35.5. The minimum atomic E-state index is -0.854. The summed E-state index contributed by atoms with van der Waals surface area (Å²) in [5.74, 6) is -1.55. The molecule has 182 valence electrons. The SMILES string of the molecule is CC(C(=O)O)c1ccc(N2Cc3ccccc3C2=O)cc1.CC(C)Cc1ccc(CC(=O)O)cc1. The Balaban J connectivity index is 0.000000214. The van der Waals surface area contributed by atoms with Crippen LogP contribution >= 0.6 is 0 Å². The summed E-state index contributed by atoms with van der Waals surface area (Å²) in [6.45, 7) is 6.55. The zero-order valence-corrected chi connectivity index (χ0v) is 20.3. The number of hydrogen-bond acceptors (Lipinski definition) is 3. The monoisotopic (exact) mass is 473 g/mol. The van der Waals surface area contributed by atoms with E-state index in [1.54, 1.807) is 36.1 Å². The predicted octanol–water partition coefficient (Wildman–Crippen LogP) is 5.55. The van der Waals surface area contributed by atoms with Crippen LogP contribution in [0.5, 0.6) is 0 Å². The Labute approximate surface area is 205 Å². The summed E-state index contributed by atoms with van der Waals surface area (Å²) in [5.41, 5.74) is 5.41. The molecule has 0 aromatic heterocycles. The molecule has 1 amide bonds. The number of benzene rings is 3.